The van der Waals surface area contributed by atoms with Crippen molar-refractivity contribution in [3.63, 3.8) is 0 Å². The van der Waals surface area contributed by atoms with E-state index in [-0.39, 0.29) is 12.3 Å². The van der Waals surface area contributed by atoms with Gasteiger partial charge in [-0.05, 0) is 31.9 Å². The number of hydrogen-bond donors (Lipinski definition) is 1. The molecule has 3 heterocycles. The van der Waals surface area contributed by atoms with Gasteiger partial charge in [-0.25, -0.2) is 4.90 Å². The number of benzene rings is 2. The van der Waals surface area contributed by atoms with E-state index in [1.165, 1.54) is 4.90 Å². The van der Waals surface area contributed by atoms with E-state index in [1.807, 2.05) is 0 Å². The standard InChI is InChI=1S/C22H18N2O5/c1-21-8-9-22(29-21,10-16(25)26)18-17(21)19(27)24(20(18)28)15-7-6-12(11-23)13-4-2-3-5-14(13)15/h2-7,17-18H,8-10H2,1H3,(H,25,26)/t17-,18+,21?,22?/m1/s1. The fourth-order valence-corrected chi connectivity index (χ4v) is 5.58. The van der Waals surface area contributed by atoms with E-state index in [0.29, 0.717) is 34.9 Å². The molecule has 2 unspecified atom stereocenters. The SMILES string of the molecule is CC12CCC(CC(=O)O)(O1)[C@@H]1C(=O)N(c3ccc(C#N)c4ccccc34)C(=O)[C@@H]12. The van der Waals surface area contributed by atoms with E-state index in [2.05, 4.69) is 6.07 Å². The molecule has 3 aliphatic heterocycles. The van der Waals surface area contributed by atoms with Gasteiger partial charge in [0.05, 0.1) is 46.8 Å². The molecule has 3 saturated heterocycles. The van der Waals surface area contributed by atoms with E-state index in [1.54, 1.807) is 43.3 Å². The lowest BCUT2D eigenvalue weighted by Gasteiger charge is -2.29. The molecule has 4 atom stereocenters. The van der Waals surface area contributed by atoms with Crippen LogP contribution in [0, 0.1) is 23.2 Å². The highest BCUT2D eigenvalue weighted by Crippen LogP contribution is 2.62. The van der Waals surface area contributed by atoms with Crippen molar-refractivity contribution in [1.29, 1.82) is 5.26 Å². The Kier molecular flexibility index (Phi) is 3.47. The highest BCUT2D eigenvalue weighted by Gasteiger charge is 2.74. The van der Waals surface area contributed by atoms with Crippen LogP contribution >= 0.6 is 0 Å². The number of aliphatic carboxylic acids is 1. The molecule has 0 aliphatic carbocycles. The average molecular weight is 390 g/mol. The number of carboxylic acids is 1. The second-order valence-electron chi connectivity index (χ2n) is 8.31. The number of anilines is 1. The maximum Gasteiger partial charge on any atom is 0.306 e. The lowest BCUT2D eigenvalue weighted by atomic mass is 9.67. The quantitative estimate of drug-likeness (QED) is 0.807. The van der Waals surface area contributed by atoms with Crippen LogP contribution in [0.25, 0.3) is 10.8 Å². The van der Waals surface area contributed by atoms with Gasteiger partial charge >= 0.3 is 5.97 Å². The summed E-state index contributed by atoms with van der Waals surface area (Å²) in [6, 6.07) is 12.5. The lowest BCUT2D eigenvalue weighted by Crippen LogP contribution is -2.43. The number of ether oxygens (including phenoxy) is 1. The third-order valence-electron chi connectivity index (χ3n) is 6.72. The first kappa shape index (κ1) is 17.8. The predicted octanol–water partition coefficient (Wildman–Crippen LogP) is 2.61. The fraction of sp³-hybridized carbons (Fsp3) is 0.364. The van der Waals surface area contributed by atoms with Crippen molar-refractivity contribution >= 4 is 34.2 Å². The molecule has 2 bridgehead atoms. The van der Waals surface area contributed by atoms with Crippen LogP contribution < -0.4 is 4.90 Å². The lowest BCUT2D eigenvalue weighted by molar-refractivity contribution is -0.147. The van der Waals surface area contributed by atoms with Gasteiger partial charge in [0, 0.05) is 10.8 Å². The molecule has 146 valence electrons. The minimum absolute atomic E-state index is 0.301. The van der Waals surface area contributed by atoms with Gasteiger partial charge in [-0.3, -0.25) is 14.4 Å². The molecule has 2 amide bonds. The third-order valence-corrected chi connectivity index (χ3v) is 6.72. The van der Waals surface area contributed by atoms with Crippen molar-refractivity contribution < 1.29 is 24.2 Å². The first-order chi connectivity index (χ1) is 13.8. The van der Waals surface area contributed by atoms with Crippen LogP contribution in [0.5, 0.6) is 0 Å². The Labute approximate surface area is 166 Å². The minimum atomic E-state index is -1.14. The molecule has 3 fully saturated rings. The van der Waals surface area contributed by atoms with E-state index in [4.69, 9.17) is 4.74 Å². The number of carbonyl (C=O) groups excluding carboxylic acids is 2. The van der Waals surface area contributed by atoms with Crippen molar-refractivity contribution in [3.8, 4) is 6.07 Å². The number of nitrogens with zero attached hydrogens (tertiary/aromatic N) is 2. The first-order valence-electron chi connectivity index (χ1n) is 9.53. The average Bonchev–Trinajstić information content (AvgIpc) is 3.25. The molecular weight excluding hydrogens is 372 g/mol. The summed E-state index contributed by atoms with van der Waals surface area (Å²) < 4.78 is 6.08. The Morgan fingerprint density at radius 2 is 1.86 bits per heavy atom. The van der Waals surface area contributed by atoms with Crippen LogP contribution in [0.2, 0.25) is 0 Å². The number of amides is 2. The number of fused-ring (bicyclic) bond motifs is 6. The molecule has 7 heteroatoms. The topological polar surface area (TPSA) is 108 Å². The van der Waals surface area contributed by atoms with Crippen LogP contribution in [-0.2, 0) is 19.1 Å². The van der Waals surface area contributed by atoms with Crippen LogP contribution in [0.4, 0.5) is 5.69 Å². The Morgan fingerprint density at radius 3 is 2.55 bits per heavy atom. The minimum Gasteiger partial charge on any atom is -0.481 e. The van der Waals surface area contributed by atoms with Crippen molar-refractivity contribution in [3.05, 3.63) is 42.0 Å². The molecule has 1 N–H and O–H groups in total. The normalized spacial score (nSPS) is 32.6. The molecule has 3 aliphatic rings. The van der Waals surface area contributed by atoms with Gasteiger partial charge in [0.2, 0.25) is 11.8 Å². The van der Waals surface area contributed by atoms with Gasteiger partial charge in [-0.15, -0.1) is 0 Å². The number of carbonyl (C=O) groups is 3. The van der Waals surface area contributed by atoms with Crippen molar-refractivity contribution in [2.45, 2.75) is 37.4 Å². The number of nitriles is 1. The molecule has 0 saturated carbocycles. The second-order valence-corrected chi connectivity index (χ2v) is 8.31. The summed E-state index contributed by atoms with van der Waals surface area (Å²) in [6.45, 7) is 1.80. The Bertz CT molecular complexity index is 1150. The van der Waals surface area contributed by atoms with E-state index >= 15 is 0 Å². The summed E-state index contributed by atoms with van der Waals surface area (Å²) >= 11 is 0. The molecule has 2 aromatic carbocycles. The summed E-state index contributed by atoms with van der Waals surface area (Å²) in [5.74, 6) is -3.32. The molecule has 29 heavy (non-hydrogen) atoms. The number of carboxylic acid groups (broad SMARTS) is 1. The molecule has 2 aromatic rings. The molecule has 7 nitrogen and oxygen atoms in total. The highest BCUT2D eigenvalue weighted by atomic mass is 16.5. The zero-order valence-corrected chi connectivity index (χ0v) is 15.7. The summed E-state index contributed by atoms with van der Waals surface area (Å²) in [7, 11) is 0. The van der Waals surface area contributed by atoms with Crippen LogP contribution in [0.3, 0.4) is 0 Å². The van der Waals surface area contributed by atoms with Gasteiger partial charge in [-0.1, -0.05) is 24.3 Å². The second kappa shape index (κ2) is 5.65. The molecule has 5 rings (SSSR count). The van der Waals surface area contributed by atoms with Crippen LogP contribution in [-0.4, -0.2) is 34.1 Å². The zero-order valence-electron chi connectivity index (χ0n) is 15.7. The molecule has 0 aromatic heterocycles. The van der Waals surface area contributed by atoms with Crippen LogP contribution in [0.1, 0.15) is 31.7 Å². The van der Waals surface area contributed by atoms with E-state index in [9.17, 15) is 24.8 Å². The fourth-order valence-electron chi connectivity index (χ4n) is 5.58. The maximum atomic E-state index is 13.5. The molecule has 0 spiro atoms. The van der Waals surface area contributed by atoms with Crippen LogP contribution in [0.15, 0.2) is 36.4 Å². The smallest absolute Gasteiger partial charge is 0.306 e. The summed E-state index contributed by atoms with van der Waals surface area (Å²) in [4.78, 5) is 39.6. The van der Waals surface area contributed by atoms with Gasteiger partial charge in [0.1, 0.15) is 0 Å². The highest BCUT2D eigenvalue weighted by molar-refractivity contribution is 6.26. The Morgan fingerprint density at radius 1 is 1.17 bits per heavy atom. The number of rotatable bonds is 3. The van der Waals surface area contributed by atoms with E-state index in [0.717, 1.165) is 0 Å². The van der Waals surface area contributed by atoms with Crippen molar-refractivity contribution in [2.75, 3.05) is 4.90 Å². The number of imide groups is 1. The summed E-state index contributed by atoms with van der Waals surface area (Å²) in [6.07, 6.45) is 0.686. The zero-order chi connectivity index (χ0) is 20.6. The van der Waals surface area contributed by atoms with Gasteiger partial charge in [0.25, 0.3) is 0 Å². The third kappa shape index (κ3) is 2.18. The Balaban J connectivity index is 1.66. The molecule has 0 radical (unpaired) electrons. The maximum absolute atomic E-state index is 13.5. The summed E-state index contributed by atoms with van der Waals surface area (Å²) in [5.41, 5.74) is -1.10. The van der Waals surface area contributed by atoms with Gasteiger partial charge < -0.3 is 9.84 Å². The Hall–Kier alpha value is -3.24. The van der Waals surface area contributed by atoms with Crippen molar-refractivity contribution in [1.82, 2.24) is 0 Å². The van der Waals surface area contributed by atoms with Crippen molar-refractivity contribution in [2.24, 2.45) is 11.8 Å². The molecular formula is C22H18N2O5. The monoisotopic (exact) mass is 390 g/mol. The van der Waals surface area contributed by atoms with Gasteiger partial charge in [0.15, 0.2) is 0 Å². The van der Waals surface area contributed by atoms with Gasteiger partial charge in [-0.2, -0.15) is 5.26 Å². The largest absolute Gasteiger partial charge is 0.481 e. The van der Waals surface area contributed by atoms with E-state index < -0.39 is 34.9 Å². The first-order valence-corrected chi connectivity index (χ1v) is 9.53. The number of hydrogen-bond acceptors (Lipinski definition) is 5. The predicted molar refractivity (Wildman–Crippen MR) is 102 cm³/mol. The summed E-state index contributed by atoms with van der Waals surface area (Å²) in [5, 5.41) is 20.1.